The third-order valence-electron chi connectivity index (χ3n) is 4.11. The smallest absolute Gasteiger partial charge is 0.135 e. The molecule has 2 heterocycles. The van der Waals surface area contributed by atoms with Crippen LogP contribution in [0, 0.1) is 11.8 Å². The van der Waals surface area contributed by atoms with Crippen molar-refractivity contribution >= 4 is 11.6 Å². The van der Waals surface area contributed by atoms with Crippen molar-refractivity contribution in [3.05, 3.63) is 11.9 Å². The van der Waals surface area contributed by atoms with E-state index in [-0.39, 0.29) is 0 Å². The standard InChI is InChI=1S/C16H28N4/c1-6-7-17-14-8-15(19-16(18-14)11(2)3)20-9-12(4)13(5)10-20/h8,11-13H,6-7,9-10H2,1-5H3,(H,17,18,19). The third-order valence-corrected chi connectivity index (χ3v) is 4.11. The molecular formula is C16H28N4. The van der Waals surface area contributed by atoms with Gasteiger partial charge in [0.1, 0.15) is 17.5 Å². The first-order chi connectivity index (χ1) is 9.51. The first kappa shape index (κ1) is 15.1. The second kappa shape index (κ2) is 6.42. The van der Waals surface area contributed by atoms with Crippen molar-refractivity contribution in [2.75, 3.05) is 29.9 Å². The lowest BCUT2D eigenvalue weighted by Gasteiger charge is -2.20. The van der Waals surface area contributed by atoms with Crippen LogP contribution in [0.15, 0.2) is 6.07 Å². The minimum absolute atomic E-state index is 0.356. The minimum atomic E-state index is 0.356. The van der Waals surface area contributed by atoms with Gasteiger partial charge in [-0.1, -0.05) is 34.6 Å². The van der Waals surface area contributed by atoms with Crippen LogP contribution in [0.25, 0.3) is 0 Å². The number of aromatic nitrogens is 2. The number of hydrogen-bond acceptors (Lipinski definition) is 4. The monoisotopic (exact) mass is 276 g/mol. The van der Waals surface area contributed by atoms with E-state index in [2.05, 4.69) is 55.9 Å². The summed E-state index contributed by atoms with van der Waals surface area (Å²) in [6.45, 7) is 14.3. The fourth-order valence-corrected chi connectivity index (χ4v) is 2.53. The van der Waals surface area contributed by atoms with E-state index in [1.54, 1.807) is 0 Å². The maximum Gasteiger partial charge on any atom is 0.135 e. The Morgan fingerprint density at radius 1 is 1.25 bits per heavy atom. The Hall–Kier alpha value is -1.32. The first-order valence-electron chi connectivity index (χ1n) is 7.89. The van der Waals surface area contributed by atoms with Crippen LogP contribution in [0.5, 0.6) is 0 Å². The number of hydrogen-bond donors (Lipinski definition) is 1. The predicted octanol–water partition coefficient (Wildman–Crippen LogP) is 3.51. The van der Waals surface area contributed by atoms with Gasteiger partial charge in [0.25, 0.3) is 0 Å². The number of rotatable bonds is 5. The third kappa shape index (κ3) is 3.41. The van der Waals surface area contributed by atoms with Gasteiger partial charge in [-0.25, -0.2) is 9.97 Å². The molecule has 1 aromatic rings. The van der Waals surface area contributed by atoms with Gasteiger partial charge in [-0.05, 0) is 18.3 Å². The maximum atomic E-state index is 4.77. The Morgan fingerprint density at radius 3 is 2.45 bits per heavy atom. The van der Waals surface area contributed by atoms with Crippen molar-refractivity contribution in [3.8, 4) is 0 Å². The lowest BCUT2D eigenvalue weighted by molar-refractivity contribution is 0.494. The molecule has 1 fully saturated rings. The summed E-state index contributed by atoms with van der Waals surface area (Å²) in [7, 11) is 0. The molecule has 1 aliphatic heterocycles. The van der Waals surface area contributed by atoms with Crippen molar-refractivity contribution in [1.29, 1.82) is 0 Å². The van der Waals surface area contributed by atoms with E-state index in [4.69, 9.17) is 4.98 Å². The van der Waals surface area contributed by atoms with E-state index < -0.39 is 0 Å². The Bertz CT molecular complexity index is 434. The maximum absolute atomic E-state index is 4.77. The molecule has 4 heteroatoms. The number of nitrogens with zero attached hydrogens (tertiary/aromatic N) is 3. The van der Waals surface area contributed by atoms with Gasteiger partial charge in [0, 0.05) is 31.6 Å². The van der Waals surface area contributed by atoms with Gasteiger partial charge in [-0.3, -0.25) is 0 Å². The summed E-state index contributed by atoms with van der Waals surface area (Å²) in [4.78, 5) is 11.8. The van der Waals surface area contributed by atoms with Gasteiger partial charge < -0.3 is 10.2 Å². The molecule has 0 bridgehead atoms. The molecule has 1 N–H and O–H groups in total. The van der Waals surface area contributed by atoms with E-state index >= 15 is 0 Å². The molecule has 0 amide bonds. The van der Waals surface area contributed by atoms with Gasteiger partial charge in [-0.2, -0.15) is 0 Å². The molecule has 0 radical (unpaired) electrons. The molecule has 0 aromatic carbocycles. The van der Waals surface area contributed by atoms with Crippen LogP contribution in [0.4, 0.5) is 11.6 Å². The second-order valence-corrected chi connectivity index (χ2v) is 6.41. The van der Waals surface area contributed by atoms with E-state index in [0.29, 0.717) is 5.92 Å². The summed E-state index contributed by atoms with van der Waals surface area (Å²) in [5.74, 6) is 4.81. The zero-order chi connectivity index (χ0) is 14.7. The van der Waals surface area contributed by atoms with Gasteiger partial charge in [0.05, 0.1) is 0 Å². The molecule has 2 atom stereocenters. The fourth-order valence-electron chi connectivity index (χ4n) is 2.53. The average Bonchev–Trinajstić information content (AvgIpc) is 2.76. The Labute approximate surface area is 123 Å². The molecule has 1 aliphatic rings. The number of nitrogens with one attached hydrogen (secondary N) is 1. The molecule has 0 saturated carbocycles. The summed E-state index contributed by atoms with van der Waals surface area (Å²) in [5.41, 5.74) is 0. The van der Waals surface area contributed by atoms with Crippen LogP contribution >= 0.6 is 0 Å². The topological polar surface area (TPSA) is 41.0 Å². The highest BCUT2D eigenvalue weighted by atomic mass is 15.2. The van der Waals surface area contributed by atoms with Crippen LogP contribution in [0.1, 0.15) is 52.8 Å². The first-order valence-corrected chi connectivity index (χ1v) is 7.89. The number of anilines is 2. The van der Waals surface area contributed by atoms with Crippen molar-refractivity contribution in [2.45, 2.75) is 47.0 Å². The molecule has 0 aliphatic carbocycles. The van der Waals surface area contributed by atoms with Gasteiger partial charge in [0.2, 0.25) is 0 Å². The van der Waals surface area contributed by atoms with Crippen molar-refractivity contribution < 1.29 is 0 Å². The Morgan fingerprint density at radius 2 is 1.90 bits per heavy atom. The summed E-state index contributed by atoms with van der Waals surface area (Å²) in [5, 5.41) is 3.40. The van der Waals surface area contributed by atoms with E-state index in [0.717, 1.165) is 55.4 Å². The van der Waals surface area contributed by atoms with Crippen molar-refractivity contribution in [1.82, 2.24) is 9.97 Å². The van der Waals surface area contributed by atoms with Crippen LogP contribution in [0.2, 0.25) is 0 Å². The van der Waals surface area contributed by atoms with Gasteiger partial charge in [-0.15, -0.1) is 0 Å². The zero-order valence-corrected chi connectivity index (χ0v) is 13.5. The van der Waals surface area contributed by atoms with Crippen LogP contribution < -0.4 is 10.2 Å². The van der Waals surface area contributed by atoms with Crippen LogP contribution in [0.3, 0.4) is 0 Å². The Kier molecular flexibility index (Phi) is 4.84. The quantitative estimate of drug-likeness (QED) is 0.893. The van der Waals surface area contributed by atoms with E-state index in [1.165, 1.54) is 0 Å². The lowest BCUT2D eigenvalue weighted by Crippen LogP contribution is -2.22. The molecule has 1 saturated heterocycles. The highest BCUT2D eigenvalue weighted by molar-refractivity contribution is 5.50. The minimum Gasteiger partial charge on any atom is -0.370 e. The highest BCUT2D eigenvalue weighted by Crippen LogP contribution is 2.28. The highest BCUT2D eigenvalue weighted by Gasteiger charge is 2.27. The molecule has 20 heavy (non-hydrogen) atoms. The summed E-state index contributed by atoms with van der Waals surface area (Å²) < 4.78 is 0. The van der Waals surface area contributed by atoms with Crippen LogP contribution in [-0.2, 0) is 0 Å². The summed E-state index contributed by atoms with van der Waals surface area (Å²) >= 11 is 0. The summed E-state index contributed by atoms with van der Waals surface area (Å²) in [6.07, 6.45) is 1.11. The Balaban J connectivity index is 2.25. The van der Waals surface area contributed by atoms with Gasteiger partial charge >= 0.3 is 0 Å². The molecule has 2 unspecified atom stereocenters. The second-order valence-electron chi connectivity index (χ2n) is 6.41. The van der Waals surface area contributed by atoms with Crippen LogP contribution in [-0.4, -0.2) is 29.6 Å². The average molecular weight is 276 g/mol. The molecule has 4 nitrogen and oxygen atoms in total. The predicted molar refractivity (Wildman–Crippen MR) is 85.4 cm³/mol. The fraction of sp³-hybridized carbons (Fsp3) is 0.750. The largest absolute Gasteiger partial charge is 0.370 e. The van der Waals surface area contributed by atoms with E-state index in [9.17, 15) is 0 Å². The normalized spacial score (nSPS) is 22.6. The molecular weight excluding hydrogens is 248 g/mol. The zero-order valence-electron chi connectivity index (χ0n) is 13.5. The molecule has 2 rings (SSSR count). The molecule has 0 spiro atoms. The van der Waals surface area contributed by atoms with Crippen molar-refractivity contribution in [2.24, 2.45) is 11.8 Å². The molecule has 112 valence electrons. The lowest BCUT2D eigenvalue weighted by atomic mass is 10.0. The summed E-state index contributed by atoms with van der Waals surface area (Å²) in [6, 6.07) is 2.10. The van der Waals surface area contributed by atoms with Crippen molar-refractivity contribution in [3.63, 3.8) is 0 Å². The SMILES string of the molecule is CCCNc1cc(N2CC(C)C(C)C2)nc(C(C)C)n1. The molecule has 1 aromatic heterocycles. The van der Waals surface area contributed by atoms with Gasteiger partial charge in [0.15, 0.2) is 0 Å². The van der Waals surface area contributed by atoms with E-state index in [1.807, 2.05) is 0 Å².